The molecule has 0 radical (unpaired) electrons. The van der Waals surface area contributed by atoms with E-state index in [0.717, 1.165) is 18.4 Å². The molecule has 2 heterocycles. The molecule has 24 heavy (non-hydrogen) atoms. The highest BCUT2D eigenvalue weighted by atomic mass is 19.1. The van der Waals surface area contributed by atoms with Crippen molar-refractivity contribution in [1.82, 2.24) is 9.55 Å². The van der Waals surface area contributed by atoms with Gasteiger partial charge in [-0.25, -0.2) is 4.39 Å². The zero-order chi connectivity index (χ0) is 17.2. The van der Waals surface area contributed by atoms with Crippen LogP contribution in [-0.2, 0) is 17.2 Å². The van der Waals surface area contributed by atoms with Crippen LogP contribution in [0.25, 0.3) is 0 Å². The number of aromatic nitrogens is 2. The van der Waals surface area contributed by atoms with Crippen LogP contribution in [-0.4, -0.2) is 34.2 Å². The number of benzene rings is 1. The van der Waals surface area contributed by atoms with Gasteiger partial charge in [-0.2, -0.15) is 0 Å². The van der Waals surface area contributed by atoms with Crippen LogP contribution in [0.5, 0.6) is 0 Å². The topological polar surface area (TPSA) is 82.2 Å². The molecule has 0 unspecified atom stereocenters. The molecule has 1 saturated heterocycles. The number of halogens is 1. The monoisotopic (exact) mass is 334 g/mol. The van der Waals surface area contributed by atoms with E-state index in [2.05, 4.69) is 10.3 Å². The van der Waals surface area contributed by atoms with Crippen molar-refractivity contribution in [2.75, 3.05) is 25.1 Å². The minimum atomic E-state index is -0.503. The van der Waals surface area contributed by atoms with Gasteiger partial charge in [-0.1, -0.05) is 12.1 Å². The standard InChI is InChI=1S/C16H19FN4O3/c1-20-11-19-15(21(22)23)14(20)18-10-16(6-8-24-9-7-16)12-2-4-13(17)5-3-12/h2-5,11,18H,6-10H2,1H3. The molecule has 0 atom stereocenters. The maximum atomic E-state index is 13.3. The van der Waals surface area contributed by atoms with Crippen LogP contribution in [0.2, 0.25) is 0 Å². The number of hydrogen-bond acceptors (Lipinski definition) is 5. The lowest BCUT2D eigenvalue weighted by molar-refractivity contribution is -0.388. The molecule has 1 aromatic heterocycles. The largest absolute Gasteiger partial charge is 0.406 e. The first-order valence-corrected chi connectivity index (χ1v) is 7.75. The second-order valence-corrected chi connectivity index (χ2v) is 6.04. The molecule has 0 aliphatic carbocycles. The molecule has 1 fully saturated rings. The number of aryl methyl sites for hydroxylation is 1. The summed E-state index contributed by atoms with van der Waals surface area (Å²) in [7, 11) is 1.71. The van der Waals surface area contributed by atoms with Crippen molar-refractivity contribution in [2.24, 2.45) is 7.05 Å². The fourth-order valence-electron chi connectivity index (χ4n) is 3.14. The molecule has 128 valence electrons. The highest BCUT2D eigenvalue weighted by Crippen LogP contribution is 2.36. The summed E-state index contributed by atoms with van der Waals surface area (Å²) < 4.78 is 20.3. The molecule has 8 heteroatoms. The second kappa shape index (κ2) is 6.56. The molecule has 1 aromatic carbocycles. The minimum Gasteiger partial charge on any atom is -0.381 e. The first-order chi connectivity index (χ1) is 11.5. The van der Waals surface area contributed by atoms with Crippen LogP contribution in [0.3, 0.4) is 0 Å². The van der Waals surface area contributed by atoms with Crippen molar-refractivity contribution in [1.29, 1.82) is 0 Å². The Labute approximate surface area is 138 Å². The van der Waals surface area contributed by atoms with Crippen molar-refractivity contribution in [3.8, 4) is 0 Å². The molecular formula is C16H19FN4O3. The third-order valence-corrected chi connectivity index (χ3v) is 4.59. The van der Waals surface area contributed by atoms with Crippen molar-refractivity contribution in [3.05, 3.63) is 52.1 Å². The van der Waals surface area contributed by atoms with Gasteiger partial charge in [0.2, 0.25) is 12.1 Å². The normalized spacial score (nSPS) is 16.8. The molecule has 1 aliphatic heterocycles. The Kier molecular flexibility index (Phi) is 4.48. The molecular weight excluding hydrogens is 315 g/mol. The number of nitrogens with zero attached hydrogens (tertiary/aromatic N) is 3. The number of imidazole rings is 1. The van der Waals surface area contributed by atoms with Gasteiger partial charge in [0.1, 0.15) is 5.82 Å². The fraction of sp³-hybridized carbons (Fsp3) is 0.438. The van der Waals surface area contributed by atoms with E-state index in [1.165, 1.54) is 18.5 Å². The summed E-state index contributed by atoms with van der Waals surface area (Å²) in [5.74, 6) is -0.108. The molecule has 1 aliphatic rings. The van der Waals surface area contributed by atoms with E-state index in [4.69, 9.17) is 4.74 Å². The van der Waals surface area contributed by atoms with Crippen LogP contribution < -0.4 is 5.32 Å². The zero-order valence-electron chi connectivity index (χ0n) is 13.4. The lowest BCUT2D eigenvalue weighted by Gasteiger charge is -2.38. The van der Waals surface area contributed by atoms with Gasteiger partial charge >= 0.3 is 5.82 Å². The average Bonchev–Trinajstić information content (AvgIpc) is 2.95. The number of rotatable bonds is 5. The third kappa shape index (κ3) is 3.09. The van der Waals surface area contributed by atoms with Crippen LogP contribution in [0.4, 0.5) is 16.0 Å². The van der Waals surface area contributed by atoms with Crippen LogP contribution >= 0.6 is 0 Å². The molecule has 0 spiro atoms. The fourth-order valence-corrected chi connectivity index (χ4v) is 3.14. The molecule has 7 nitrogen and oxygen atoms in total. The van der Waals surface area contributed by atoms with E-state index in [9.17, 15) is 14.5 Å². The van der Waals surface area contributed by atoms with Crippen molar-refractivity contribution < 1.29 is 14.1 Å². The Morgan fingerprint density at radius 3 is 2.67 bits per heavy atom. The van der Waals surface area contributed by atoms with Gasteiger partial charge in [0.05, 0.1) is 0 Å². The second-order valence-electron chi connectivity index (χ2n) is 6.04. The summed E-state index contributed by atoms with van der Waals surface area (Å²) in [6.07, 6.45) is 2.93. The van der Waals surface area contributed by atoms with Crippen LogP contribution in [0.1, 0.15) is 18.4 Å². The van der Waals surface area contributed by atoms with E-state index in [-0.39, 0.29) is 17.1 Å². The smallest absolute Gasteiger partial charge is 0.381 e. The number of nitro groups is 1. The first-order valence-electron chi connectivity index (χ1n) is 7.75. The van der Waals surface area contributed by atoms with E-state index in [1.54, 1.807) is 23.7 Å². The number of ether oxygens (including phenoxy) is 1. The van der Waals surface area contributed by atoms with E-state index >= 15 is 0 Å². The molecule has 0 amide bonds. The minimum absolute atomic E-state index is 0.196. The Morgan fingerprint density at radius 1 is 1.38 bits per heavy atom. The Morgan fingerprint density at radius 2 is 2.04 bits per heavy atom. The maximum Gasteiger partial charge on any atom is 0.406 e. The van der Waals surface area contributed by atoms with Crippen molar-refractivity contribution in [3.63, 3.8) is 0 Å². The third-order valence-electron chi connectivity index (χ3n) is 4.59. The highest BCUT2D eigenvalue weighted by molar-refractivity contribution is 5.52. The quantitative estimate of drug-likeness (QED) is 0.671. The number of anilines is 1. The average molecular weight is 334 g/mol. The summed E-state index contributed by atoms with van der Waals surface area (Å²) in [6, 6.07) is 6.44. The molecule has 0 bridgehead atoms. The Balaban J connectivity index is 1.87. The van der Waals surface area contributed by atoms with Gasteiger partial charge in [-0.3, -0.25) is 4.57 Å². The van der Waals surface area contributed by atoms with Crippen molar-refractivity contribution >= 4 is 11.6 Å². The molecule has 2 aromatic rings. The Hall–Kier alpha value is -2.48. The molecule has 1 N–H and O–H groups in total. The number of nitrogens with one attached hydrogen (secondary N) is 1. The first kappa shape index (κ1) is 16.4. The maximum absolute atomic E-state index is 13.3. The summed E-state index contributed by atoms with van der Waals surface area (Å²) in [5.41, 5.74) is 0.744. The van der Waals surface area contributed by atoms with E-state index in [1.807, 2.05) is 0 Å². The van der Waals surface area contributed by atoms with E-state index < -0.39 is 4.92 Å². The van der Waals surface area contributed by atoms with Gasteiger partial charge in [-0.05, 0) is 40.4 Å². The van der Waals surface area contributed by atoms with Gasteiger partial charge < -0.3 is 20.2 Å². The van der Waals surface area contributed by atoms with E-state index in [0.29, 0.717) is 25.6 Å². The van der Waals surface area contributed by atoms with Gasteiger partial charge in [0.15, 0.2) is 0 Å². The highest BCUT2D eigenvalue weighted by Gasteiger charge is 2.35. The van der Waals surface area contributed by atoms with Gasteiger partial charge in [-0.15, -0.1) is 0 Å². The predicted molar refractivity (Wildman–Crippen MR) is 86.5 cm³/mol. The SMILES string of the molecule is Cn1cnc([N+](=O)[O-])c1NCC1(c2ccc(F)cc2)CCOCC1. The molecule has 3 rings (SSSR count). The summed E-state index contributed by atoms with van der Waals surface area (Å²) in [5, 5.41) is 14.3. The zero-order valence-corrected chi connectivity index (χ0v) is 13.4. The van der Waals surface area contributed by atoms with Crippen LogP contribution in [0, 0.1) is 15.9 Å². The van der Waals surface area contributed by atoms with Gasteiger partial charge in [0.25, 0.3) is 0 Å². The predicted octanol–water partition coefficient (Wildman–Crippen LogP) is 2.63. The van der Waals surface area contributed by atoms with Crippen molar-refractivity contribution in [2.45, 2.75) is 18.3 Å². The summed E-state index contributed by atoms with van der Waals surface area (Å²) in [4.78, 5) is 14.4. The summed E-state index contributed by atoms with van der Waals surface area (Å²) in [6.45, 7) is 1.70. The summed E-state index contributed by atoms with van der Waals surface area (Å²) >= 11 is 0. The van der Waals surface area contributed by atoms with Crippen LogP contribution in [0.15, 0.2) is 30.6 Å². The number of hydrogen-bond donors (Lipinski definition) is 1. The van der Waals surface area contributed by atoms with Gasteiger partial charge in [0, 0.05) is 32.2 Å². The molecule has 0 saturated carbocycles. The lowest BCUT2D eigenvalue weighted by atomic mass is 9.74. The Bertz CT molecular complexity index is 723. The lowest BCUT2D eigenvalue weighted by Crippen LogP contribution is -2.40.